The summed E-state index contributed by atoms with van der Waals surface area (Å²) in [6.07, 6.45) is 5.03. The lowest BCUT2D eigenvalue weighted by atomic mass is 9.75. The average Bonchev–Trinajstić information content (AvgIpc) is 2.20. The van der Waals surface area contributed by atoms with Gasteiger partial charge in [0.1, 0.15) is 5.76 Å². The van der Waals surface area contributed by atoms with E-state index in [0.717, 1.165) is 0 Å². The van der Waals surface area contributed by atoms with Crippen LogP contribution in [0.3, 0.4) is 0 Å². The first-order valence-corrected chi connectivity index (χ1v) is 5.43. The number of allylic oxidation sites excluding steroid dienone is 3. The molecule has 0 atom stereocenters. The number of rotatable bonds is 6. The second kappa shape index (κ2) is 5.52. The van der Waals surface area contributed by atoms with Gasteiger partial charge in [0, 0.05) is 5.41 Å². The zero-order chi connectivity index (χ0) is 12.9. The molecule has 0 unspecified atom stereocenters. The number of hydrogen-bond acceptors (Lipinski definition) is 3. The Morgan fingerprint density at radius 2 is 1.94 bits per heavy atom. The van der Waals surface area contributed by atoms with Gasteiger partial charge in [-0.25, -0.2) is 0 Å². The van der Waals surface area contributed by atoms with Crippen molar-refractivity contribution in [3.8, 4) is 0 Å². The largest absolute Gasteiger partial charge is 0.494 e. The number of carboxylic acid groups (broad SMARTS) is 2. The Morgan fingerprint density at radius 3 is 2.29 bits per heavy atom. The molecular weight excluding hydrogens is 224 g/mol. The van der Waals surface area contributed by atoms with Gasteiger partial charge in [0.05, 0.1) is 19.4 Å². The Hall–Kier alpha value is -1.78. The van der Waals surface area contributed by atoms with E-state index in [2.05, 4.69) is 0 Å². The third-order valence-corrected chi connectivity index (χ3v) is 2.63. The highest BCUT2D eigenvalue weighted by molar-refractivity contribution is 5.73. The average molecular weight is 240 g/mol. The molecule has 0 fully saturated rings. The third kappa shape index (κ3) is 3.94. The van der Waals surface area contributed by atoms with E-state index in [1.807, 2.05) is 6.92 Å². The smallest absolute Gasteiger partial charge is 0.304 e. The highest BCUT2D eigenvalue weighted by atomic mass is 16.5. The van der Waals surface area contributed by atoms with Gasteiger partial charge in [-0.15, -0.1) is 0 Å². The topological polar surface area (TPSA) is 83.8 Å². The van der Waals surface area contributed by atoms with Crippen LogP contribution in [0.2, 0.25) is 0 Å². The van der Waals surface area contributed by atoms with Crippen LogP contribution in [-0.2, 0) is 14.3 Å². The van der Waals surface area contributed by atoms with Gasteiger partial charge >= 0.3 is 11.9 Å². The molecule has 5 heteroatoms. The van der Waals surface area contributed by atoms with Gasteiger partial charge in [-0.05, 0) is 25.5 Å². The summed E-state index contributed by atoms with van der Waals surface area (Å²) in [5, 5.41) is 17.7. The molecule has 0 amide bonds. The van der Waals surface area contributed by atoms with Gasteiger partial charge in [-0.1, -0.05) is 6.08 Å². The maximum Gasteiger partial charge on any atom is 0.304 e. The van der Waals surface area contributed by atoms with Crippen molar-refractivity contribution in [2.24, 2.45) is 5.41 Å². The Kier molecular flexibility index (Phi) is 4.31. The van der Waals surface area contributed by atoms with Crippen LogP contribution in [-0.4, -0.2) is 28.8 Å². The van der Waals surface area contributed by atoms with Crippen LogP contribution in [0.4, 0.5) is 0 Å². The van der Waals surface area contributed by atoms with Crippen molar-refractivity contribution < 1.29 is 24.5 Å². The monoisotopic (exact) mass is 240 g/mol. The first-order chi connectivity index (χ1) is 7.97. The van der Waals surface area contributed by atoms with Crippen molar-refractivity contribution in [3.63, 3.8) is 0 Å². The second-order valence-electron chi connectivity index (χ2n) is 4.08. The predicted octanol–water partition coefficient (Wildman–Crippen LogP) is 1.80. The molecule has 5 nitrogen and oxygen atoms in total. The minimum Gasteiger partial charge on any atom is -0.494 e. The van der Waals surface area contributed by atoms with Crippen LogP contribution in [0.25, 0.3) is 0 Å². The summed E-state index contributed by atoms with van der Waals surface area (Å²) in [6, 6.07) is 0. The molecule has 0 spiro atoms. The Labute approximate surface area is 99.4 Å². The van der Waals surface area contributed by atoms with Crippen molar-refractivity contribution in [1.82, 2.24) is 0 Å². The van der Waals surface area contributed by atoms with Crippen molar-refractivity contribution in [1.29, 1.82) is 0 Å². The molecule has 1 aliphatic rings. The van der Waals surface area contributed by atoms with Gasteiger partial charge in [-0.2, -0.15) is 0 Å². The van der Waals surface area contributed by atoms with Gasteiger partial charge in [0.2, 0.25) is 0 Å². The molecule has 0 radical (unpaired) electrons. The van der Waals surface area contributed by atoms with Crippen LogP contribution >= 0.6 is 0 Å². The molecule has 0 aromatic rings. The number of carbonyl (C=O) groups is 2. The van der Waals surface area contributed by atoms with Gasteiger partial charge in [0.25, 0.3) is 0 Å². The lowest BCUT2D eigenvalue weighted by Gasteiger charge is -2.29. The van der Waals surface area contributed by atoms with Crippen LogP contribution in [0.1, 0.15) is 26.2 Å². The second-order valence-corrected chi connectivity index (χ2v) is 4.08. The minimum atomic E-state index is -0.996. The Balaban J connectivity index is 2.79. The summed E-state index contributed by atoms with van der Waals surface area (Å²) in [6.45, 7) is 2.38. The number of hydrogen-bond donors (Lipinski definition) is 2. The number of carboxylic acids is 2. The zero-order valence-electron chi connectivity index (χ0n) is 9.68. The summed E-state index contributed by atoms with van der Waals surface area (Å²) >= 11 is 0. The first kappa shape index (κ1) is 13.3. The molecule has 0 aromatic heterocycles. The van der Waals surface area contributed by atoms with Gasteiger partial charge < -0.3 is 14.9 Å². The SMILES string of the molecule is CCOC1=CCC(CC(=O)O)(CC(=O)O)C=C1. The van der Waals surface area contributed by atoms with E-state index in [1.54, 1.807) is 18.2 Å². The fraction of sp³-hybridized carbons (Fsp3) is 0.500. The summed E-state index contributed by atoms with van der Waals surface area (Å²) in [5.41, 5.74) is -0.835. The van der Waals surface area contributed by atoms with Gasteiger partial charge in [-0.3, -0.25) is 9.59 Å². The van der Waals surface area contributed by atoms with Crippen molar-refractivity contribution >= 4 is 11.9 Å². The molecule has 0 aliphatic heterocycles. The van der Waals surface area contributed by atoms with E-state index in [-0.39, 0.29) is 12.8 Å². The summed E-state index contributed by atoms with van der Waals surface area (Å²) in [4.78, 5) is 21.6. The zero-order valence-corrected chi connectivity index (χ0v) is 9.68. The quantitative estimate of drug-likeness (QED) is 0.739. The summed E-state index contributed by atoms with van der Waals surface area (Å²) in [7, 11) is 0. The van der Waals surface area contributed by atoms with Crippen LogP contribution in [0.15, 0.2) is 24.0 Å². The van der Waals surface area contributed by atoms with E-state index in [0.29, 0.717) is 18.8 Å². The molecule has 0 saturated heterocycles. The first-order valence-electron chi connectivity index (χ1n) is 5.43. The summed E-state index contributed by atoms with van der Waals surface area (Å²) < 4.78 is 5.27. The summed E-state index contributed by atoms with van der Waals surface area (Å²) in [5.74, 6) is -1.33. The molecular formula is C12H16O5. The highest BCUT2D eigenvalue weighted by Crippen LogP contribution is 2.37. The van der Waals surface area contributed by atoms with E-state index in [1.165, 1.54) is 0 Å². The lowest BCUT2D eigenvalue weighted by molar-refractivity contribution is -0.142. The molecule has 0 bridgehead atoms. The van der Waals surface area contributed by atoms with Crippen molar-refractivity contribution in [2.75, 3.05) is 6.61 Å². The van der Waals surface area contributed by atoms with Gasteiger partial charge in [0.15, 0.2) is 0 Å². The molecule has 1 aliphatic carbocycles. The van der Waals surface area contributed by atoms with Crippen LogP contribution in [0.5, 0.6) is 0 Å². The molecule has 94 valence electrons. The molecule has 0 heterocycles. The minimum absolute atomic E-state index is 0.189. The highest BCUT2D eigenvalue weighted by Gasteiger charge is 2.33. The lowest BCUT2D eigenvalue weighted by Crippen LogP contribution is -2.27. The van der Waals surface area contributed by atoms with Crippen LogP contribution in [0, 0.1) is 5.41 Å². The van der Waals surface area contributed by atoms with E-state index in [9.17, 15) is 9.59 Å². The van der Waals surface area contributed by atoms with E-state index < -0.39 is 17.4 Å². The Morgan fingerprint density at radius 1 is 1.35 bits per heavy atom. The van der Waals surface area contributed by atoms with E-state index >= 15 is 0 Å². The fourth-order valence-electron chi connectivity index (χ4n) is 1.90. The third-order valence-electron chi connectivity index (χ3n) is 2.63. The normalized spacial score (nSPS) is 17.4. The van der Waals surface area contributed by atoms with Crippen LogP contribution < -0.4 is 0 Å². The predicted molar refractivity (Wildman–Crippen MR) is 60.4 cm³/mol. The molecule has 17 heavy (non-hydrogen) atoms. The number of aliphatic carboxylic acids is 2. The standard InChI is InChI=1S/C12H16O5/c1-2-17-9-3-5-12(6-4-9,7-10(13)14)8-11(15)16/h3-5H,2,6-8H2,1H3,(H,13,14)(H,15,16). The van der Waals surface area contributed by atoms with Crippen molar-refractivity contribution in [3.05, 3.63) is 24.0 Å². The molecule has 1 rings (SSSR count). The Bertz CT molecular complexity index is 351. The number of ether oxygens (including phenoxy) is 1. The maximum atomic E-state index is 10.8. The van der Waals surface area contributed by atoms with E-state index in [4.69, 9.17) is 14.9 Å². The molecule has 2 N–H and O–H groups in total. The maximum absolute atomic E-state index is 10.8. The fourth-order valence-corrected chi connectivity index (χ4v) is 1.90. The molecule has 0 saturated carbocycles. The molecule has 0 aromatic carbocycles. The van der Waals surface area contributed by atoms with Crippen molar-refractivity contribution in [2.45, 2.75) is 26.2 Å².